The minimum atomic E-state index is -3.51. The van der Waals surface area contributed by atoms with Crippen molar-refractivity contribution in [1.29, 1.82) is 0 Å². The zero-order chi connectivity index (χ0) is 21.6. The monoisotopic (exact) mass is 431 g/mol. The summed E-state index contributed by atoms with van der Waals surface area (Å²) in [7, 11) is -2.16. The summed E-state index contributed by atoms with van der Waals surface area (Å²) in [6.45, 7) is 0.651. The van der Waals surface area contributed by atoms with Crippen LogP contribution in [-0.2, 0) is 32.6 Å². The maximum Gasteiger partial charge on any atom is 0.240 e. The lowest BCUT2D eigenvalue weighted by Crippen LogP contribution is -2.23. The van der Waals surface area contributed by atoms with Crippen LogP contribution in [0.1, 0.15) is 30.4 Å². The number of rotatable bonds is 9. The van der Waals surface area contributed by atoms with E-state index in [4.69, 9.17) is 4.74 Å². The van der Waals surface area contributed by atoms with Crippen LogP contribution >= 0.6 is 0 Å². The fourth-order valence-corrected chi connectivity index (χ4v) is 3.90. The van der Waals surface area contributed by atoms with Gasteiger partial charge in [-0.25, -0.2) is 13.1 Å². The molecule has 1 aliphatic rings. The maximum absolute atomic E-state index is 12.1. The van der Waals surface area contributed by atoms with Crippen molar-refractivity contribution in [3.63, 3.8) is 0 Å². The Labute approximate surface area is 176 Å². The van der Waals surface area contributed by atoms with Crippen molar-refractivity contribution in [1.82, 2.24) is 10.0 Å². The summed E-state index contributed by atoms with van der Waals surface area (Å²) in [5.41, 5.74) is 2.58. The first-order chi connectivity index (χ1) is 14.4. The highest BCUT2D eigenvalue weighted by molar-refractivity contribution is 7.89. The number of aryl methyl sites for hydroxylation is 1. The molecule has 2 aromatic rings. The molecule has 3 rings (SSSR count). The Kier molecular flexibility index (Phi) is 7.07. The summed E-state index contributed by atoms with van der Waals surface area (Å²) in [5, 5.41) is 5.62. The number of hydrogen-bond donors (Lipinski definition) is 3. The molecule has 8 nitrogen and oxygen atoms in total. The molecule has 160 valence electrons. The van der Waals surface area contributed by atoms with Gasteiger partial charge in [-0.15, -0.1) is 0 Å². The topological polar surface area (TPSA) is 114 Å². The predicted molar refractivity (Wildman–Crippen MR) is 113 cm³/mol. The molecule has 3 N–H and O–H groups in total. The summed E-state index contributed by atoms with van der Waals surface area (Å²) >= 11 is 0. The number of sulfonamides is 1. The van der Waals surface area contributed by atoms with Crippen molar-refractivity contribution in [2.45, 2.75) is 37.1 Å². The van der Waals surface area contributed by atoms with Gasteiger partial charge in [-0.3, -0.25) is 9.59 Å². The lowest BCUT2D eigenvalue weighted by molar-refractivity contribution is -0.121. The van der Waals surface area contributed by atoms with Crippen LogP contribution in [0.3, 0.4) is 0 Å². The highest BCUT2D eigenvalue weighted by Gasteiger charge is 2.15. The van der Waals surface area contributed by atoms with Crippen LogP contribution in [0.5, 0.6) is 5.75 Å². The summed E-state index contributed by atoms with van der Waals surface area (Å²) in [6.07, 6.45) is 2.02. The van der Waals surface area contributed by atoms with E-state index in [1.54, 1.807) is 18.2 Å². The van der Waals surface area contributed by atoms with E-state index in [2.05, 4.69) is 15.4 Å². The van der Waals surface area contributed by atoms with E-state index in [-0.39, 0.29) is 23.3 Å². The van der Waals surface area contributed by atoms with Gasteiger partial charge in [-0.1, -0.05) is 12.1 Å². The van der Waals surface area contributed by atoms with Crippen LogP contribution < -0.4 is 20.1 Å². The molecular formula is C21H25N3O5S. The van der Waals surface area contributed by atoms with Gasteiger partial charge in [0.1, 0.15) is 5.75 Å². The molecule has 1 aliphatic heterocycles. The summed E-state index contributed by atoms with van der Waals surface area (Å²) < 4.78 is 31.7. The van der Waals surface area contributed by atoms with Crippen molar-refractivity contribution in [3.05, 3.63) is 53.6 Å². The summed E-state index contributed by atoms with van der Waals surface area (Å²) in [6, 6.07) is 12.0. The number of carbonyl (C=O) groups excluding carboxylic acids is 2. The van der Waals surface area contributed by atoms with Gasteiger partial charge < -0.3 is 15.4 Å². The van der Waals surface area contributed by atoms with E-state index in [9.17, 15) is 18.0 Å². The molecule has 1 heterocycles. The number of nitrogens with one attached hydrogen (secondary N) is 3. The Morgan fingerprint density at radius 3 is 2.80 bits per heavy atom. The molecule has 0 unspecified atom stereocenters. The SMILES string of the molecule is CNS(=O)(=O)c1cccc(CNC(=O)CCCOc2ccc3c(c2)CCC(=O)N3)c1. The Morgan fingerprint density at radius 1 is 1.17 bits per heavy atom. The lowest BCUT2D eigenvalue weighted by Gasteiger charge is -2.17. The largest absolute Gasteiger partial charge is 0.494 e. The quantitative estimate of drug-likeness (QED) is 0.525. The third-order valence-electron chi connectivity index (χ3n) is 4.76. The molecule has 0 atom stereocenters. The van der Waals surface area contributed by atoms with Crippen LogP contribution in [0.15, 0.2) is 47.4 Å². The van der Waals surface area contributed by atoms with Crippen molar-refractivity contribution in [2.24, 2.45) is 0 Å². The van der Waals surface area contributed by atoms with E-state index in [1.165, 1.54) is 19.2 Å². The Balaban J connectivity index is 1.41. The molecule has 30 heavy (non-hydrogen) atoms. The third-order valence-corrected chi connectivity index (χ3v) is 6.17. The van der Waals surface area contributed by atoms with Gasteiger partial charge in [0.15, 0.2) is 0 Å². The number of carbonyl (C=O) groups is 2. The predicted octanol–water partition coefficient (Wildman–Crippen LogP) is 1.95. The number of fused-ring (bicyclic) bond motifs is 1. The molecule has 2 aromatic carbocycles. The highest BCUT2D eigenvalue weighted by Crippen LogP contribution is 2.26. The second-order valence-electron chi connectivity index (χ2n) is 6.95. The normalized spacial score (nSPS) is 13.3. The van der Waals surface area contributed by atoms with Gasteiger partial charge in [0.2, 0.25) is 21.8 Å². The van der Waals surface area contributed by atoms with E-state index >= 15 is 0 Å². The molecule has 0 fully saturated rings. The van der Waals surface area contributed by atoms with Crippen molar-refractivity contribution in [2.75, 3.05) is 19.0 Å². The van der Waals surface area contributed by atoms with E-state index < -0.39 is 10.0 Å². The molecule has 0 radical (unpaired) electrons. The fraction of sp³-hybridized carbons (Fsp3) is 0.333. The molecule has 2 amide bonds. The first-order valence-corrected chi connectivity index (χ1v) is 11.2. The zero-order valence-corrected chi connectivity index (χ0v) is 17.6. The highest BCUT2D eigenvalue weighted by atomic mass is 32.2. The average molecular weight is 432 g/mol. The van der Waals surface area contributed by atoms with Crippen LogP contribution in [0.25, 0.3) is 0 Å². The maximum atomic E-state index is 12.1. The van der Waals surface area contributed by atoms with Gasteiger partial charge in [-0.2, -0.15) is 0 Å². The van der Waals surface area contributed by atoms with Crippen molar-refractivity contribution >= 4 is 27.5 Å². The standard InChI is InChI=1S/C21H25N3O5S/c1-22-30(27,28)18-5-2-4-15(12-18)14-23-20(25)6-3-11-29-17-8-9-19-16(13-17)7-10-21(26)24-19/h2,4-5,8-9,12-13,22H,3,6-7,10-11,14H2,1H3,(H,23,25)(H,24,26). The number of hydrogen-bond acceptors (Lipinski definition) is 5. The van der Waals surface area contributed by atoms with E-state index in [0.717, 1.165) is 11.3 Å². The summed E-state index contributed by atoms with van der Waals surface area (Å²) in [5.74, 6) is 0.610. The van der Waals surface area contributed by atoms with Gasteiger partial charge in [0.05, 0.1) is 11.5 Å². The minimum Gasteiger partial charge on any atom is -0.494 e. The second kappa shape index (κ2) is 9.73. The van der Waals surface area contributed by atoms with Crippen LogP contribution in [0.2, 0.25) is 0 Å². The minimum absolute atomic E-state index is 0.0255. The zero-order valence-electron chi connectivity index (χ0n) is 16.7. The van der Waals surface area contributed by atoms with Crippen LogP contribution in [0.4, 0.5) is 5.69 Å². The second-order valence-corrected chi connectivity index (χ2v) is 8.84. The van der Waals surface area contributed by atoms with Gasteiger partial charge >= 0.3 is 0 Å². The van der Waals surface area contributed by atoms with Crippen molar-refractivity contribution < 1.29 is 22.7 Å². The van der Waals surface area contributed by atoms with Gasteiger partial charge in [-0.05, 0) is 61.3 Å². The number of benzene rings is 2. The molecular weight excluding hydrogens is 406 g/mol. The molecule has 0 bridgehead atoms. The van der Waals surface area contributed by atoms with Crippen molar-refractivity contribution in [3.8, 4) is 5.75 Å². The Morgan fingerprint density at radius 2 is 2.00 bits per heavy atom. The molecule has 9 heteroatoms. The number of ether oxygens (including phenoxy) is 1. The summed E-state index contributed by atoms with van der Waals surface area (Å²) in [4.78, 5) is 23.6. The average Bonchev–Trinajstić information content (AvgIpc) is 2.75. The van der Waals surface area contributed by atoms with Crippen LogP contribution in [0, 0.1) is 0 Å². The molecule has 0 aliphatic carbocycles. The number of amides is 2. The fourth-order valence-electron chi connectivity index (χ4n) is 3.10. The smallest absolute Gasteiger partial charge is 0.240 e. The van der Waals surface area contributed by atoms with Crippen LogP contribution in [-0.4, -0.2) is 33.9 Å². The molecule has 0 saturated carbocycles. The molecule has 0 saturated heterocycles. The lowest BCUT2D eigenvalue weighted by atomic mass is 10.0. The molecule has 0 spiro atoms. The van der Waals surface area contributed by atoms with Gasteiger partial charge in [0.25, 0.3) is 0 Å². The first-order valence-electron chi connectivity index (χ1n) is 9.72. The Bertz CT molecular complexity index is 1040. The first kappa shape index (κ1) is 21.8. The Hall–Kier alpha value is -2.91. The van der Waals surface area contributed by atoms with E-state index in [1.807, 2.05) is 12.1 Å². The molecule has 0 aromatic heterocycles. The number of anilines is 1. The third kappa shape index (κ3) is 5.80. The van der Waals surface area contributed by atoms with E-state index in [0.29, 0.717) is 43.6 Å². The van der Waals surface area contributed by atoms with Gasteiger partial charge in [0, 0.05) is 25.1 Å².